The van der Waals surface area contributed by atoms with Gasteiger partial charge in [0.05, 0.1) is 11.2 Å². The largest absolute Gasteiger partial charge is 0.495 e. The molecule has 24 heavy (non-hydrogen) atoms. The molecule has 1 aromatic rings. The topological polar surface area (TPSA) is 35.5 Å². The molecular weight excluding hydrogens is 299 g/mol. The number of carbonyl (C=O) groups excluding carboxylic acids is 1. The molecule has 0 radical (unpaired) electrons. The molecule has 0 bridgehead atoms. The number of hydrogen-bond acceptors (Lipinski definition) is 3. The summed E-state index contributed by atoms with van der Waals surface area (Å²) in [5, 5.41) is 0. The van der Waals surface area contributed by atoms with Gasteiger partial charge in [-0.2, -0.15) is 0 Å². The van der Waals surface area contributed by atoms with Gasteiger partial charge in [-0.3, -0.25) is 4.79 Å². The van der Waals surface area contributed by atoms with Crippen molar-refractivity contribution in [3.05, 3.63) is 41.5 Å². The Morgan fingerprint density at radius 1 is 0.958 bits per heavy atom. The molecule has 0 atom stereocenters. The second-order valence-electron chi connectivity index (χ2n) is 8.69. The lowest BCUT2D eigenvalue weighted by atomic mass is 9.70. The van der Waals surface area contributed by atoms with Crippen LogP contribution in [0.1, 0.15) is 71.3 Å². The molecule has 0 aromatic heterocycles. The number of allylic oxidation sites excluding steroid dienone is 1. The molecule has 1 saturated heterocycles. The Morgan fingerprint density at radius 3 is 1.75 bits per heavy atom. The van der Waals surface area contributed by atoms with Crippen LogP contribution in [0.4, 0.5) is 0 Å². The van der Waals surface area contributed by atoms with Gasteiger partial charge in [0, 0.05) is 5.56 Å². The Labute approximate surface area is 146 Å². The second-order valence-corrected chi connectivity index (χ2v) is 8.69. The van der Waals surface area contributed by atoms with Crippen molar-refractivity contribution in [1.29, 1.82) is 0 Å². The highest BCUT2D eigenvalue weighted by molar-refractivity contribution is 6.69. The Balaban J connectivity index is 2.44. The molecule has 1 aliphatic rings. The molecule has 1 aliphatic heterocycles. The Kier molecular flexibility index (Phi) is 4.86. The molecule has 0 saturated carbocycles. The first-order valence-electron chi connectivity index (χ1n) is 8.52. The van der Waals surface area contributed by atoms with Crippen molar-refractivity contribution in [2.45, 2.75) is 66.6 Å². The third-order valence-corrected chi connectivity index (χ3v) is 4.72. The standard InChI is InChI=1S/C20H29BO3/c1-14(22)15-9-11-16(12-10-15)17(13-18(2,3)4)21-23-19(5,6)20(7,8)24-21/h9-13H,1-8H3/b17-13+. The van der Waals surface area contributed by atoms with Crippen LogP contribution in [0.2, 0.25) is 0 Å². The monoisotopic (exact) mass is 328 g/mol. The van der Waals surface area contributed by atoms with Crippen LogP contribution in [0.15, 0.2) is 30.3 Å². The average Bonchev–Trinajstić information content (AvgIpc) is 2.64. The van der Waals surface area contributed by atoms with Crippen LogP contribution in [-0.4, -0.2) is 24.1 Å². The number of carbonyl (C=O) groups is 1. The van der Waals surface area contributed by atoms with E-state index in [2.05, 4.69) is 54.5 Å². The molecule has 1 heterocycles. The summed E-state index contributed by atoms with van der Waals surface area (Å²) in [7, 11) is -0.419. The number of ketones is 1. The first-order valence-corrected chi connectivity index (χ1v) is 8.52. The van der Waals surface area contributed by atoms with Crippen LogP contribution in [0.3, 0.4) is 0 Å². The van der Waals surface area contributed by atoms with Crippen LogP contribution in [0.25, 0.3) is 5.47 Å². The maximum absolute atomic E-state index is 11.5. The van der Waals surface area contributed by atoms with Crippen molar-refractivity contribution in [2.24, 2.45) is 5.41 Å². The fourth-order valence-corrected chi connectivity index (χ4v) is 2.62. The average molecular weight is 328 g/mol. The summed E-state index contributed by atoms with van der Waals surface area (Å²) >= 11 is 0. The summed E-state index contributed by atoms with van der Waals surface area (Å²) in [4.78, 5) is 11.5. The Morgan fingerprint density at radius 2 is 1.38 bits per heavy atom. The van der Waals surface area contributed by atoms with Gasteiger partial charge in [-0.05, 0) is 51.1 Å². The van der Waals surface area contributed by atoms with E-state index in [0.717, 1.165) is 11.0 Å². The summed E-state index contributed by atoms with van der Waals surface area (Å²) in [6.45, 7) is 16.3. The molecule has 130 valence electrons. The minimum atomic E-state index is -0.419. The summed E-state index contributed by atoms with van der Waals surface area (Å²) in [5.74, 6) is 0.0681. The first kappa shape index (κ1) is 18.9. The van der Waals surface area contributed by atoms with Gasteiger partial charge in [0.15, 0.2) is 5.78 Å². The minimum absolute atomic E-state index is 0.0157. The van der Waals surface area contributed by atoms with Gasteiger partial charge in [-0.25, -0.2) is 0 Å². The lowest BCUT2D eigenvalue weighted by Crippen LogP contribution is -2.41. The highest BCUT2D eigenvalue weighted by Crippen LogP contribution is 2.41. The van der Waals surface area contributed by atoms with E-state index in [1.165, 1.54) is 0 Å². The normalized spacial score (nSPS) is 20.3. The van der Waals surface area contributed by atoms with Gasteiger partial charge in [-0.1, -0.05) is 51.1 Å². The van der Waals surface area contributed by atoms with E-state index >= 15 is 0 Å². The van der Waals surface area contributed by atoms with Gasteiger partial charge in [0.2, 0.25) is 0 Å². The number of benzene rings is 1. The molecule has 0 N–H and O–H groups in total. The first-order chi connectivity index (χ1) is 10.8. The maximum Gasteiger partial charge on any atom is 0.495 e. The fourth-order valence-electron chi connectivity index (χ4n) is 2.62. The second kappa shape index (κ2) is 6.16. The van der Waals surface area contributed by atoms with Crippen molar-refractivity contribution >= 4 is 18.4 Å². The molecule has 1 fully saturated rings. The van der Waals surface area contributed by atoms with E-state index < -0.39 is 7.12 Å². The van der Waals surface area contributed by atoms with Crippen LogP contribution < -0.4 is 0 Å². The van der Waals surface area contributed by atoms with E-state index in [0.29, 0.717) is 5.56 Å². The number of rotatable bonds is 3. The van der Waals surface area contributed by atoms with Crippen LogP contribution >= 0.6 is 0 Å². The maximum atomic E-state index is 11.5. The Bertz CT molecular complexity index is 632. The van der Waals surface area contributed by atoms with Crippen LogP contribution in [-0.2, 0) is 9.31 Å². The zero-order chi connectivity index (χ0) is 18.3. The molecule has 0 unspecified atom stereocenters. The smallest absolute Gasteiger partial charge is 0.399 e. The fraction of sp³-hybridized carbons (Fsp3) is 0.550. The molecule has 0 amide bonds. The van der Waals surface area contributed by atoms with Gasteiger partial charge in [0.1, 0.15) is 0 Å². The predicted molar refractivity (Wildman–Crippen MR) is 100.0 cm³/mol. The van der Waals surface area contributed by atoms with E-state index in [1.54, 1.807) is 6.92 Å². The van der Waals surface area contributed by atoms with Crippen LogP contribution in [0.5, 0.6) is 0 Å². The summed E-state index contributed by atoms with van der Waals surface area (Å²) in [6, 6.07) is 7.66. The van der Waals surface area contributed by atoms with Gasteiger partial charge < -0.3 is 9.31 Å². The highest BCUT2D eigenvalue weighted by Gasteiger charge is 2.52. The third kappa shape index (κ3) is 3.98. The van der Waals surface area contributed by atoms with Crippen molar-refractivity contribution in [1.82, 2.24) is 0 Å². The zero-order valence-corrected chi connectivity index (χ0v) is 16.2. The molecule has 0 aliphatic carbocycles. The van der Waals surface area contributed by atoms with Crippen molar-refractivity contribution in [2.75, 3.05) is 0 Å². The van der Waals surface area contributed by atoms with Crippen molar-refractivity contribution < 1.29 is 14.1 Å². The SMILES string of the molecule is CC(=O)c1ccc(/C(=C\C(C)(C)C)B2OC(C)(C)C(C)(C)O2)cc1. The van der Waals surface area contributed by atoms with E-state index in [9.17, 15) is 4.79 Å². The summed E-state index contributed by atoms with van der Waals surface area (Å²) < 4.78 is 12.5. The van der Waals surface area contributed by atoms with Gasteiger partial charge in [-0.15, -0.1) is 0 Å². The van der Waals surface area contributed by atoms with Crippen molar-refractivity contribution in [3.8, 4) is 0 Å². The third-order valence-electron chi connectivity index (χ3n) is 4.72. The lowest BCUT2D eigenvalue weighted by Gasteiger charge is -2.32. The summed E-state index contributed by atoms with van der Waals surface area (Å²) in [6.07, 6.45) is 2.19. The van der Waals surface area contributed by atoms with Gasteiger partial charge in [0.25, 0.3) is 0 Å². The lowest BCUT2D eigenvalue weighted by molar-refractivity contribution is 0.00578. The molecule has 2 rings (SSSR count). The molecule has 4 heteroatoms. The van der Waals surface area contributed by atoms with Gasteiger partial charge >= 0.3 is 7.12 Å². The predicted octanol–water partition coefficient (Wildman–Crippen LogP) is 4.95. The number of hydrogen-bond donors (Lipinski definition) is 0. The van der Waals surface area contributed by atoms with E-state index in [4.69, 9.17) is 9.31 Å². The summed E-state index contributed by atoms with van der Waals surface area (Å²) in [5.41, 5.74) is 1.97. The molecule has 0 spiro atoms. The Hall–Kier alpha value is -1.39. The number of Topliss-reactive ketones (excluding diaryl/α,β-unsaturated/α-hetero) is 1. The molecule has 1 aromatic carbocycles. The van der Waals surface area contributed by atoms with Crippen LogP contribution in [0, 0.1) is 5.41 Å². The van der Waals surface area contributed by atoms with E-state index in [1.807, 2.05) is 24.3 Å². The quantitative estimate of drug-likeness (QED) is 0.582. The highest BCUT2D eigenvalue weighted by atomic mass is 16.7. The molecular formula is C20H29BO3. The van der Waals surface area contributed by atoms with Crippen molar-refractivity contribution in [3.63, 3.8) is 0 Å². The minimum Gasteiger partial charge on any atom is -0.399 e. The zero-order valence-electron chi connectivity index (χ0n) is 16.2. The molecule has 3 nitrogen and oxygen atoms in total. The van der Waals surface area contributed by atoms with E-state index in [-0.39, 0.29) is 22.4 Å².